The molecule has 0 saturated carbocycles. The van der Waals surface area contributed by atoms with Gasteiger partial charge in [0.2, 0.25) is 0 Å². The first kappa shape index (κ1) is 21.7. The first-order chi connectivity index (χ1) is 17.1. The van der Waals surface area contributed by atoms with Gasteiger partial charge in [-0.3, -0.25) is 4.57 Å². The summed E-state index contributed by atoms with van der Waals surface area (Å²) in [6, 6.07) is 19.2. The molecule has 0 aliphatic carbocycles. The monoisotopic (exact) mass is 462 g/mol. The molecule has 2 aliphatic rings. The van der Waals surface area contributed by atoms with Crippen LogP contribution in [0.2, 0.25) is 0 Å². The van der Waals surface area contributed by atoms with Crippen molar-refractivity contribution >= 4 is 5.69 Å². The highest BCUT2D eigenvalue weighted by Gasteiger charge is 2.27. The summed E-state index contributed by atoms with van der Waals surface area (Å²) in [7, 11) is 2.04. The van der Waals surface area contributed by atoms with Crippen LogP contribution in [0.15, 0.2) is 54.7 Å². The molecule has 0 spiro atoms. The van der Waals surface area contributed by atoms with Gasteiger partial charge < -0.3 is 14.8 Å². The van der Waals surface area contributed by atoms with E-state index in [-0.39, 0.29) is 0 Å². The zero-order valence-electron chi connectivity index (χ0n) is 20.5. The van der Waals surface area contributed by atoms with Crippen LogP contribution >= 0.6 is 0 Å². The topological polar surface area (TPSA) is 61.8 Å². The summed E-state index contributed by atoms with van der Waals surface area (Å²) in [5.41, 5.74) is 10.1. The maximum absolute atomic E-state index is 9.16. The van der Waals surface area contributed by atoms with Crippen molar-refractivity contribution in [3.8, 4) is 34.4 Å². The number of aryl methyl sites for hydroxylation is 1. The Labute approximate surface area is 206 Å². The van der Waals surface area contributed by atoms with Crippen LogP contribution in [-0.2, 0) is 6.54 Å². The number of aromatic nitrogens is 3. The highest BCUT2D eigenvalue weighted by molar-refractivity contribution is 5.73. The predicted molar refractivity (Wildman–Crippen MR) is 140 cm³/mol. The van der Waals surface area contributed by atoms with Gasteiger partial charge in [0.25, 0.3) is 0 Å². The summed E-state index contributed by atoms with van der Waals surface area (Å²) in [6.45, 7) is 8.33. The maximum atomic E-state index is 9.16. The smallest absolute Gasteiger partial charge is 0.161 e. The largest absolute Gasteiger partial charge is 0.371 e. The molecule has 1 unspecified atom stereocenters. The normalized spacial score (nSPS) is 16.4. The quantitative estimate of drug-likeness (QED) is 0.413. The number of nitrogens with one attached hydrogen (secondary N) is 1. The van der Waals surface area contributed by atoms with Gasteiger partial charge >= 0.3 is 0 Å². The second kappa shape index (κ2) is 8.44. The SMILES string of the molecule is CNCC1CCN(c2ccc3c(c2)Cn2cc(-c4ccc(C#N)cc4)cc2-c2nc(C)c(C)n2-3)C1. The zero-order valence-corrected chi connectivity index (χ0v) is 20.5. The van der Waals surface area contributed by atoms with E-state index >= 15 is 0 Å². The fourth-order valence-corrected chi connectivity index (χ4v) is 5.62. The van der Waals surface area contributed by atoms with Crippen molar-refractivity contribution in [2.75, 3.05) is 31.6 Å². The van der Waals surface area contributed by atoms with E-state index in [0.717, 1.165) is 54.5 Å². The fourth-order valence-electron chi connectivity index (χ4n) is 5.62. The molecule has 1 N–H and O–H groups in total. The van der Waals surface area contributed by atoms with Gasteiger partial charge in [-0.25, -0.2) is 4.98 Å². The fraction of sp³-hybridized carbons (Fsp3) is 0.310. The minimum atomic E-state index is 0.677. The standard InChI is InChI=1S/C29H30N6/c1-19-20(2)35-27-9-8-26(33-11-10-22(16-33)15-31-3)12-25(27)18-34-17-24(13-28(34)29(35)32-19)23-6-4-21(14-30)5-7-23/h4-9,12-13,17,22,31H,10-11,15-16,18H2,1-3H3. The molecule has 0 bridgehead atoms. The van der Waals surface area contributed by atoms with Crippen molar-refractivity contribution in [2.45, 2.75) is 26.8 Å². The summed E-state index contributed by atoms with van der Waals surface area (Å²) in [5.74, 6) is 1.69. The zero-order chi connectivity index (χ0) is 24.1. The first-order valence-corrected chi connectivity index (χ1v) is 12.4. The van der Waals surface area contributed by atoms with Crippen LogP contribution < -0.4 is 10.2 Å². The Hall–Kier alpha value is -3.82. The Morgan fingerprint density at radius 3 is 2.69 bits per heavy atom. The van der Waals surface area contributed by atoms with Crippen LogP contribution in [0.3, 0.4) is 0 Å². The van der Waals surface area contributed by atoms with Gasteiger partial charge in [0.05, 0.1) is 28.7 Å². The van der Waals surface area contributed by atoms with E-state index in [4.69, 9.17) is 10.2 Å². The van der Waals surface area contributed by atoms with Gasteiger partial charge in [-0.2, -0.15) is 5.26 Å². The molecule has 1 saturated heterocycles. The second-order valence-electron chi connectivity index (χ2n) is 9.84. The van der Waals surface area contributed by atoms with Crippen molar-refractivity contribution in [3.63, 3.8) is 0 Å². The molecular weight excluding hydrogens is 432 g/mol. The Bertz CT molecular complexity index is 1450. The third-order valence-corrected chi connectivity index (χ3v) is 7.61. The average molecular weight is 463 g/mol. The Morgan fingerprint density at radius 2 is 1.91 bits per heavy atom. The molecule has 0 amide bonds. The molecule has 6 rings (SSSR count). The molecule has 2 aromatic carbocycles. The number of imidazole rings is 1. The summed E-state index contributed by atoms with van der Waals surface area (Å²) >= 11 is 0. The minimum Gasteiger partial charge on any atom is -0.371 e. The predicted octanol–water partition coefficient (Wildman–Crippen LogP) is 4.90. The lowest BCUT2D eigenvalue weighted by molar-refractivity contribution is 0.549. The number of benzene rings is 2. The van der Waals surface area contributed by atoms with Crippen LogP contribution in [0.5, 0.6) is 0 Å². The molecule has 0 radical (unpaired) electrons. The van der Waals surface area contributed by atoms with E-state index in [1.807, 2.05) is 31.3 Å². The molecular formula is C29H30N6. The lowest BCUT2D eigenvalue weighted by Gasteiger charge is -2.21. The molecule has 6 nitrogen and oxygen atoms in total. The van der Waals surface area contributed by atoms with Gasteiger partial charge in [0.15, 0.2) is 5.82 Å². The van der Waals surface area contributed by atoms with E-state index in [9.17, 15) is 0 Å². The van der Waals surface area contributed by atoms with Crippen LogP contribution in [0.4, 0.5) is 5.69 Å². The third-order valence-electron chi connectivity index (χ3n) is 7.61. The van der Waals surface area contributed by atoms with E-state index in [2.05, 4.69) is 69.7 Å². The van der Waals surface area contributed by atoms with Crippen molar-refractivity contribution in [1.29, 1.82) is 5.26 Å². The van der Waals surface area contributed by atoms with Gasteiger partial charge in [-0.05, 0) is 87.3 Å². The molecule has 2 aliphatic heterocycles. The Kier molecular flexibility index (Phi) is 5.23. The average Bonchev–Trinajstić information content (AvgIpc) is 3.56. The van der Waals surface area contributed by atoms with Gasteiger partial charge in [0.1, 0.15) is 0 Å². The minimum absolute atomic E-state index is 0.677. The lowest BCUT2D eigenvalue weighted by atomic mass is 10.1. The number of hydrogen-bond donors (Lipinski definition) is 1. The third kappa shape index (κ3) is 3.64. The van der Waals surface area contributed by atoms with Crippen LogP contribution in [0.25, 0.3) is 28.3 Å². The number of nitriles is 1. The molecule has 1 atom stereocenters. The molecule has 1 fully saturated rings. The van der Waals surface area contributed by atoms with Crippen molar-refractivity contribution in [3.05, 3.63) is 77.2 Å². The van der Waals surface area contributed by atoms with E-state index in [0.29, 0.717) is 11.5 Å². The van der Waals surface area contributed by atoms with Gasteiger partial charge in [0, 0.05) is 42.8 Å². The Morgan fingerprint density at radius 1 is 1.09 bits per heavy atom. The van der Waals surface area contributed by atoms with E-state index < -0.39 is 0 Å². The van der Waals surface area contributed by atoms with Crippen molar-refractivity contribution < 1.29 is 0 Å². The number of rotatable bonds is 4. The summed E-state index contributed by atoms with van der Waals surface area (Å²) in [4.78, 5) is 7.52. The molecule has 4 aromatic rings. The van der Waals surface area contributed by atoms with Crippen LogP contribution in [0, 0.1) is 31.1 Å². The van der Waals surface area contributed by atoms with Crippen LogP contribution in [0.1, 0.15) is 28.9 Å². The van der Waals surface area contributed by atoms with Crippen molar-refractivity contribution in [2.24, 2.45) is 5.92 Å². The second-order valence-corrected chi connectivity index (χ2v) is 9.84. The molecule has 6 heteroatoms. The molecule has 2 aromatic heterocycles. The Balaban J connectivity index is 1.44. The number of fused-ring (bicyclic) bond motifs is 5. The number of nitrogens with zero attached hydrogens (tertiary/aromatic N) is 5. The summed E-state index contributed by atoms with van der Waals surface area (Å²) in [5, 5.41) is 12.5. The first-order valence-electron chi connectivity index (χ1n) is 12.4. The summed E-state index contributed by atoms with van der Waals surface area (Å²) in [6.07, 6.45) is 3.46. The highest BCUT2D eigenvalue weighted by atomic mass is 15.2. The van der Waals surface area contributed by atoms with E-state index in [1.54, 1.807) is 0 Å². The molecule has 35 heavy (non-hydrogen) atoms. The van der Waals surface area contributed by atoms with Gasteiger partial charge in [-0.15, -0.1) is 0 Å². The summed E-state index contributed by atoms with van der Waals surface area (Å²) < 4.78 is 4.65. The number of anilines is 1. The molecule has 4 heterocycles. The van der Waals surface area contributed by atoms with Crippen molar-refractivity contribution in [1.82, 2.24) is 19.4 Å². The number of hydrogen-bond acceptors (Lipinski definition) is 4. The molecule has 176 valence electrons. The lowest BCUT2D eigenvalue weighted by Crippen LogP contribution is -2.24. The highest BCUT2D eigenvalue weighted by Crippen LogP contribution is 2.37. The van der Waals surface area contributed by atoms with E-state index in [1.165, 1.54) is 29.1 Å². The van der Waals surface area contributed by atoms with Crippen LogP contribution in [-0.4, -0.2) is 40.8 Å². The maximum Gasteiger partial charge on any atom is 0.161 e. The van der Waals surface area contributed by atoms with Gasteiger partial charge in [-0.1, -0.05) is 12.1 Å².